The highest BCUT2D eigenvalue weighted by molar-refractivity contribution is 7.99. The van der Waals surface area contributed by atoms with Gasteiger partial charge in [-0.3, -0.25) is 14.5 Å². The second-order valence-electron chi connectivity index (χ2n) is 11.9. The van der Waals surface area contributed by atoms with E-state index in [-0.39, 0.29) is 50.2 Å². The minimum atomic E-state index is -0.981. The number of carbonyl (C=O) groups excluding carboxylic acids is 3. The van der Waals surface area contributed by atoms with E-state index in [1.165, 1.54) is 0 Å². The molecule has 4 aromatic rings. The van der Waals surface area contributed by atoms with Crippen molar-refractivity contribution in [3.05, 3.63) is 113 Å². The maximum atomic E-state index is 13.1. The van der Waals surface area contributed by atoms with Crippen LogP contribution in [0.2, 0.25) is 0 Å². The molecule has 0 saturated carbocycles. The van der Waals surface area contributed by atoms with E-state index >= 15 is 0 Å². The Morgan fingerprint density at radius 3 is 2.38 bits per heavy atom. The Hall–Kier alpha value is -4.56. The molecule has 48 heavy (non-hydrogen) atoms. The first kappa shape index (κ1) is 33.3. The van der Waals surface area contributed by atoms with Crippen molar-refractivity contribution < 1.29 is 33.7 Å². The van der Waals surface area contributed by atoms with Crippen molar-refractivity contribution in [3.8, 4) is 0 Å². The molecule has 0 aliphatic carbocycles. The highest BCUT2D eigenvalue weighted by Gasteiger charge is 2.40. The van der Waals surface area contributed by atoms with Crippen molar-refractivity contribution in [1.82, 2.24) is 25.0 Å². The molecule has 0 radical (unpaired) electrons. The summed E-state index contributed by atoms with van der Waals surface area (Å²) in [7, 11) is 1.90. The third kappa shape index (κ3) is 7.76. The summed E-state index contributed by atoms with van der Waals surface area (Å²) in [5, 5.41) is 21.0. The standard InChI is InChI=1S/C35H37N5O7S/c1-22-29(20-48-34-38-36-21-39(34)2)46-33(47-31(22)26-12-10-24(18-41)11-13-26)27-14-8-23(9-15-27)17-40-30(42)16-28(32(40)43)37-35(44)45-19-25-6-4-3-5-7-25/h3-15,21-22,28-29,31,33,41H,16-20H2,1-2H3,(H,37,44)/t22-,28?,29+,31+,33+/m1/s1. The average Bonchev–Trinajstić information content (AvgIpc) is 3.64. The molecule has 1 unspecified atom stereocenters. The molecule has 2 fully saturated rings. The van der Waals surface area contributed by atoms with E-state index in [0.29, 0.717) is 5.75 Å². The number of benzene rings is 3. The smallest absolute Gasteiger partial charge is 0.408 e. The number of thioether (sulfide) groups is 1. The van der Waals surface area contributed by atoms with Crippen molar-refractivity contribution in [2.75, 3.05) is 5.75 Å². The van der Waals surface area contributed by atoms with Crippen LogP contribution in [0.4, 0.5) is 4.79 Å². The minimum absolute atomic E-state index is 0.00518. The monoisotopic (exact) mass is 671 g/mol. The molecule has 2 aliphatic rings. The van der Waals surface area contributed by atoms with Gasteiger partial charge < -0.3 is 29.2 Å². The topological polar surface area (TPSA) is 145 Å². The van der Waals surface area contributed by atoms with E-state index < -0.39 is 24.3 Å². The van der Waals surface area contributed by atoms with Crippen LogP contribution < -0.4 is 5.32 Å². The molecular weight excluding hydrogens is 634 g/mol. The fourth-order valence-electron chi connectivity index (χ4n) is 5.70. The Morgan fingerprint density at radius 1 is 0.979 bits per heavy atom. The third-order valence-corrected chi connectivity index (χ3v) is 9.63. The van der Waals surface area contributed by atoms with Crippen LogP contribution in [0.25, 0.3) is 0 Å². The first-order valence-corrected chi connectivity index (χ1v) is 16.6. The molecule has 6 rings (SSSR count). The number of rotatable bonds is 11. The molecule has 12 nitrogen and oxygen atoms in total. The molecule has 3 heterocycles. The van der Waals surface area contributed by atoms with Crippen molar-refractivity contribution in [2.45, 2.75) is 62.8 Å². The summed E-state index contributed by atoms with van der Waals surface area (Å²) in [4.78, 5) is 39.3. The molecule has 2 aliphatic heterocycles. The van der Waals surface area contributed by atoms with Crippen LogP contribution in [0.15, 0.2) is 90.3 Å². The zero-order valence-electron chi connectivity index (χ0n) is 26.6. The number of nitrogens with one attached hydrogen (secondary N) is 1. The Balaban J connectivity index is 1.10. The van der Waals surface area contributed by atoms with Crippen molar-refractivity contribution in [3.63, 3.8) is 0 Å². The molecule has 3 amide bonds. The second-order valence-corrected chi connectivity index (χ2v) is 12.9. The number of ether oxygens (including phenoxy) is 3. The summed E-state index contributed by atoms with van der Waals surface area (Å²) in [6.07, 6.45) is -0.357. The van der Waals surface area contributed by atoms with E-state index in [4.69, 9.17) is 14.2 Å². The molecule has 3 aromatic carbocycles. The van der Waals surface area contributed by atoms with Crippen molar-refractivity contribution >= 4 is 29.7 Å². The molecule has 1 aromatic heterocycles. The lowest BCUT2D eigenvalue weighted by Gasteiger charge is -2.41. The number of alkyl carbamates (subject to hydrolysis) is 1. The molecule has 0 bridgehead atoms. The summed E-state index contributed by atoms with van der Waals surface area (Å²) in [6, 6.07) is 23.4. The number of hydrogen-bond acceptors (Lipinski definition) is 10. The normalized spacial score (nSPS) is 22.6. The number of aromatic nitrogens is 3. The van der Waals surface area contributed by atoms with E-state index in [2.05, 4.69) is 22.4 Å². The number of hydrogen-bond donors (Lipinski definition) is 2. The van der Waals surface area contributed by atoms with Crippen molar-refractivity contribution in [2.24, 2.45) is 13.0 Å². The number of aliphatic hydroxyl groups excluding tert-OH is 1. The predicted octanol–water partition coefficient (Wildman–Crippen LogP) is 4.45. The number of likely N-dealkylation sites (tertiary alicyclic amines) is 1. The van der Waals surface area contributed by atoms with Gasteiger partial charge >= 0.3 is 6.09 Å². The van der Waals surface area contributed by atoms with E-state index in [9.17, 15) is 19.5 Å². The van der Waals surface area contributed by atoms with Crippen LogP contribution >= 0.6 is 11.8 Å². The quantitative estimate of drug-likeness (QED) is 0.173. The maximum Gasteiger partial charge on any atom is 0.408 e. The molecule has 13 heteroatoms. The fourth-order valence-corrected chi connectivity index (χ4v) is 6.75. The predicted molar refractivity (Wildman–Crippen MR) is 175 cm³/mol. The van der Waals surface area contributed by atoms with Crippen LogP contribution in [0, 0.1) is 5.92 Å². The molecule has 5 atom stereocenters. The Morgan fingerprint density at radius 2 is 1.69 bits per heavy atom. The van der Waals surface area contributed by atoms with Gasteiger partial charge in [0.2, 0.25) is 5.91 Å². The van der Waals surface area contributed by atoms with Gasteiger partial charge in [-0.25, -0.2) is 4.79 Å². The summed E-state index contributed by atoms with van der Waals surface area (Å²) in [5.41, 5.74) is 4.14. The zero-order chi connectivity index (χ0) is 33.6. The molecular formula is C35H37N5O7S. The largest absolute Gasteiger partial charge is 0.445 e. The first-order valence-electron chi connectivity index (χ1n) is 15.7. The van der Waals surface area contributed by atoms with Gasteiger partial charge in [-0.15, -0.1) is 10.2 Å². The van der Waals surface area contributed by atoms with Gasteiger partial charge in [0.1, 0.15) is 19.0 Å². The Bertz CT molecular complexity index is 1720. The van der Waals surface area contributed by atoms with Crippen LogP contribution in [0.3, 0.4) is 0 Å². The van der Waals surface area contributed by atoms with Gasteiger partial charge in [-0.05, 0) is 22.3 Å². The average molecular weight is 672 g/mol. The third-order valence-electron chi connectivity index (χ3n) is 8.51. The van der Waals surface area contributed by atoms with Crippen LogP contribution in [-0.2, 0) is 50.6 Å². The molecule has 2 N–H and O–H groups in total. The van der Waals surface area contributed by atoms with E-state index in [0.717, 1.165) is 37.9 Å². The Kier molecular flexibility index (Phi) is 10.5. The lowest BCUT2D eigenvalue weighted by molar-refractivity contribution is -0.268. The molecule has 250 valence electrons. The highest BCUT2D eigenvalue weighted by atomic mass is 32.2. The number of carbonyl (C=O) groups is 3. The lowest BCUT2D eigenvalue weighted by atomic mass is 9.91. The number of nitrogens with zero attached hydrogens (tertiary/aromatic N) is 4. The van der Waals surface area contributed by atoms with Gasteiger partial charge in [0, 0.05) is 24.3 Å². The van der Waals surface area contributed by atoms with Gasteiger partial charge in [0.25, 0.3) is 5.91 Å². The summed E-state index contributed by atoms with van der Waals surface area (Å²) < 4.78 is 20.1. The molecule has 2 saturated heterocycles. The number of aliphatic hydroxyl groups is 1. The van der Waals surface area contributed by atoms with Gasteiger partial charge in [-0.2, -0.15) is 0 Å². The summed E-state index contributed by atoms with van der Waals surface area (Å²) >= 11 is 1.56. The number of amides is 3. The van der Waals surface area contributed by atoms with Crippen LogP contribution in [-0.4, -0.2) is 60.6 Å². The molecule has 0 spiro atoms. The van der Waals surface area contributed by atoms with Gasteiger partial charge in [-0.1, -0.05) is 97.5 Å². The maximum absolute atomic E-state index is 13.1. The zero-order valence-corrected chi connectivity index (χ0v) is 27.4. The lowest BCUT2D eigenvalue weighted by Crippen LogP contribution is -2.41. The van der Waals surface area contributed by atoms with E-state index in [1.807, 2.05) is 90.5 Å². The van der Waals surface area contributed by atoms with E-state index in [1.54, 1.807) is 18.1 Å². The summed E-state index contributed by atoms with van der Waals surface area (Å²) in [5.74, 6) is -0.216. The first-order chi connectivity index (χ1) is 23.3. The SMILES string of the molecule is C[C@@H]1[C@H](CSc2nncn2C)O[C@H](c2ccc(CN3C(=O)CC(NC(=O)OCc4ccccc4)C3=O)cc2)O[C@@H]1c1ccc(CO)cc1. The van der Waals surface area contributed by atoms with Crippen LogP contribution in [0.1, 0.15) is 53.6 Å². The van der Waals surface area contributed by atoms with Crippen LogP contribution in [0.5, 0.6) is 0 Å². The van der Waals surface area contributed by atoms with Gasteiger partial charge in [0.05, 0.1) is 31.8 Å². The number of imide groups is 1. The fraction of sp³-hybridized carbons (Fsp3) is 0.343. The number of aryl methyl sites for hydroxylation is 1. The van der Waals surface area contributed by atoms with Crippen molar-refractivity contribution in [1.29, 1.82) is 0 Å². The highest BCUT2D eigenvalue weighted by Crippen LogP contribution is 2.43. The van der Waals surface area contributed by atoms with Gasteiger partial charge in [0.15, 0.2) is 11.4 Å². The second kappa shape index (κ2) is 15.1. The Labute approximate surface area is 282 Å². The summed E-state index contributed by atoms with van der Waals surface area (Å²) in [6.45, 7) is 2.18. The minimum Gasteiger partial charge on any atom is -0.445 e.